The molecule has 18 heavy (non-hydrogen) atoms. The van der Waals surface area contributed by atoms with Gasteiger partial charge in [0.25, 0.3) is 0 Å². The van der Waals surface area contributed by atoms with Crippen molar-refractivity contribution >= 4 is 27.3 Å². The highest BCUT2D eigenvalue weighted by Crippen LogP contribution is 2.27. The number of nitrogens with one attached hydrogen (secondary N) is 1. The summed E-state index contributed by atoms with van der Waals surface area (Å²) in [6.45, 7) is 0.610. The zero-order valence-electron chi connectivity index (χ0n) is 10.1. The molecule has 0 radical (unpaired) electrons. The van der Waals surface area contributed by atoms with Crippen LogP contribution in [0.15, 0.2) is 20.4 Å². The topological polar surface area (TPSA) is 60.2 Å². The molecule has 0 aliphatic heterocycles. The van der Waals surface area contributed by atoms with Crippen LogP contribution < -0.4 is 5.32 Å². The molecule has 2 aromatic rings. The van der Waals surface area contributed by atoms with Gasteiger partial charge in [-0.3, -0.25) is 0 Å². The maximum absolute atomic E-state index is 5.24. The van der Waals surface area contributed by atoms with Crippen LogP contribution in [0, 0.1) is 0 Å². The van der Waals surface area contributed by atoms with Crippen molar-refractivity contribution in [1.82, 2.24) is 15.5 Å². The molecule has 1 atom stereocenters. The Kier molecular flexibility index (Phi) is 4.87. The van der Waals surface area contributed by atoms with E-state index in [-0.39, 0.29) is 6.04 Å². The predicted octanol–water partition coefficient (Wildman–Crippen LogP) is 2.34. The Bertz CT molecular complexity index is 500. The molecule has 0 bridgehead atoms. The maximum Gasteiger partial charge on any atom is 0.228 e. The first kappa shape index (κ1) is 13.7. The lowest BCUT2D eigenvalue weighted by Crippen LogP contribution is -2.32. The first-order valence-corrected chi connectivity index (χ1v) is 7.13. The van der Waals surface area contributed by atoms with Crippen molar-refractivity contribution in [3.05, 3.63) is 21.8 Å². The van der Waals surface area contributed by atoms with Crippen LogP contribution in [-0.4, -0.2) is 36.9 Å². The van der Waals surface area contributed by atoms with Crippen LogP contribution in [-0.2, 0) is 11.2 Å². The van der Waals surface area contributed by atoms with Crippen LogP contribution in [0.4, 0.5) is 0 Å². The van der Waals surface area contributed by atoms with Crippen LogP contribution in [0.5, 0.6) is 0 Å². The van der Waals surface area contributed by atoms with Gasteiger partial charge in [-0.25, -0.2) is 0 Å². The monoisotopic (exact) mass is 331 g/mol. The smallest absolute Gasteiger partial charge is 0.228 e. The second kappa shape index (κ2) is 6.42. The summed E-state index contributed by atoms with van der Waals surface area (Å²) < 4.78 is 11.4. The van der Waals surface area contributed by atoms with Gasteiger partial charge in [0.05, 0.1) is 11.5 Å². The molecule has 2 heterocycles. The molecular formula is C11H14BrN3O2S. The van der Waals surface area contributed by atoms with Crippen molar-refractivity contribution in [2.75, 3.05) is 20.8 Å². The van der Waals surface area contributed by atoms with Crippen molar-refractivity contribution in [3.63, 3.8) is 0 Å². The average molecular weight is 332 g/mol. The Morgan fingerprint density at radius 2 is 2.44 bits per heavy atom. The number of likely N-dealkylation sites (N-methyl/N-ethyl adjacent to an activating group) is 1. The zero-order valence-corrected chi connectivity index (χ0v) is 12.5. The van der Waals surface area contributed by atoms with Gasteiger partial charge >= 0.3 is 0 Å². The second-order valence-electron chi connectivity index (χ2n) is 3.79. The normalized spacial score (nSPS) is 12.8. The molecule has 0 aromatic carbocycles. The van der Waals surface area contributed by atoms with Crippen molar-refractivity contribution < 1.29 is 9.26 Å². The van der Waals surface area contributed by atoms with Gasteiger partial charge in [0.2, 0.25) is 11.7 Å². The highest BCUT2D eigenvalue weighted by Gasteiger charge is 2.14. The number of thiophene rings is 1. The van der Waals surface area contributed by atoms with Crippen LogP contribution in [0.2, 0.25) is 0 Å². The number of rotatable bonds is 6. The van der Waals surface area contributed by atoms with Crippen molar-refractivity contribution in [2.24, 2.45) is 0 Å². The quantitative estimate of drug-likeness (QED) is 0.880. The molecule has 1 unspecified atom stereocenters. The summed E-state index contributed by atoms with van der Waals surface area (Å²) in [7, 11) is 3.56. The fourth-order valence-electron chi connectivity index (χ4n) is 1.52. The van der Waals surface area contributed by atoms with Gasteiger partial charge in [-0.15, -0.1) is 11.3 Å². The summed E-state index contributed by atoms with van der Waals surface area (Å²) in [5, 5.41) is 9.12. The second-order valence-corrected chi connectivity index (χ2v) is 5.61. The van der Waals surface area contributed by atoms with E-state index in [1.54, 1.807) is 18.4 Å². The molecule has 2 aromatic heterocycles. The Hall–Kier alpha value is -0.760. The Morgan fingerprint density at radius 1 is 1.61 bits per heavy atom. The standard InChI is InChI=1S/C11H14BrN3O2S/c1-13-8(5-16-2)4-10-14-11(15-17-10)9-3-7(12)6-18-9/h3,6,8,13H,4-5H2,1-2H3. The lowest BCUT2D eigenvalue weighted by molar-refractivity contribution is 0.165. The Labute approximate surface area is 118 Å². The molecule has 98 valence electrons. The molecule has 7 heteroatoms. The number of hydrogen-bond donors (Lipinski definition) is 1. The number of methoxy groups -OCH3 is 1. The highest BCUT2D eigenvalue weighted by molar-refractivity contribution is 9.10. The number of ether oxygens (including phenoxy) is 1. The van der Waals surface area contributed by atoms with Crippen LogP contribution >= 0.6 is 27.3 Å². The van der Waals surface area contributed by atoms with Gasteiger partial charge in [-0.1, -0.05) is 5.16 Å². The minimum Gasteiger partial charge on any atom is -0.383 e. The van der Waals surface area contributed by atoms with Gasteiger partial charge in [0.1, 0.15) is 0 Å². The van der Waals surface area contributed by atoms with Crippen molar-refractivity contribution in [2.45, 2.75) is 12.5 Å². The van der Waals surface area contributed by atoms with Crippen LogP contribution in [0.25, 0.3) is 10.7 Å². The summed E-state index contributed by atoms with van der Waals surface area (Å²) in [6.07, 6.45) is 0.657. The van der Waals surface area contributed by atoms with E-state index in [0.29, 0.717) is 24.7 Å². The molecule has 0 aliphatic rings. The SMILES string of the molecule is CNC(COC)Cc1nc(-c2cc(Br)cs2)no1. The maximum atomic E-state index is 5.24. The van der Waals surface area contributed by atoms with E-state index in [0.717, 1.165) is 9.35 Å². The lowest BCUT2D eigenvalue weighted by Gasteiger charge is -2.11. The third kappa shape index (κ3) is 3.38. The average Bonchev–Trinajstić information content (AvgIpc) is 2.97. The number of nitrogens with zero attached hydrogens (tertiary/aromatic N) is 2. The van der Waals surface area contributed by atoms with E-state index < -0.39 is 0 Å². The molecule has 0 amide bonds. The fraction of sp³-hybridized carbons (Fsp3) is 0.455. The third-order valence-electron chi connectivity index (χ3n) is 2.45. The minimum absolute atomic E-state index is 0.179. The van der Waals surface area contributed by atoms with E-state index in [1.807, 2.05) is 18.5 Å². The summed E-state index contributed by atoms with van der Waals surface area (Å²) >= 11 is 4.98. The minimum atomic E-state index is 0.179. The molecule has 0 spiro atoms. The molecular weight excluding hydrogens is 318 g/mol. The lowest BCUT2D eigenvalue weighted by atomic mass is 10.2. The molecule has 2 rings (SSSR count). The Balaban J connectivity index is 2.06. The van der Waals surface area contributed by atoms with E-state index in [2.05, 4.69) is 31.4 Å². The summed E-state index contributed by atoms with van der Waals surface area (Å²) in [4.78, 5) is 5.37. The van der Waals surface area contributed by atoms with Crippen molar-refractivity contribution in [1.29, 1.82) is 0 Å². The number of aromatic nitrogens is 2. The van der Waals surface area contributed by atoms with E-state index >= 15 is 0 Å². The van der Waals surface area contributed by atoms with E-state index in [9.17, 15) is 0 Å². The first-order chi connectivity index (χ1) is 8.72. The highest BCUT2D eigenvalue weighted by atomic mass is 79.9. The molecule has 5 nitrogen and oxygen atoms in total. The molecule has 1 N–H and O–H groups in total. The number of hydrogen-bond acceptors (Lipinski definition) is 6. The molecule has 0 saturated heterocycles. The zero-order chi connectivity index (χ0) is 13.0. The van der Waals surface area contributed by atoms with Crippen molar-refractivity contribution in [3.8, 4) is 10.7 Å². The van der Waals surface area contributed by atoms with Gasteiger partial charge in [-0.05, 0) is 29.0 Å². The fourth-order valence-corrected chi connectivity index (χ4v) is 2.88. The van der Waals surface area contributed by atoms with Crippen LogP contribution in [0.3, 0.4) is 0 Å². The number of halogens is 1. The first-order valence-electron chi connectivity index (χ1n) is 5.46. The van der Waals surface area contributed by atoms with Gasteiger partial charge < -0.3 is 14.6 Å². The molecule has 0 aliphatic carbocycles. The molecule has 0 fully saturated rings. The summed E-state index contributed by atoms with van der Waals surface area (Å²) in [5.41, 5.74) is 0. The summed E-state index contributed by atoms with van der Waals surface area (Å²) in [6, 6.07) is 2.16. The predicted molar refractivity (Wildman–Crippen MR) is 73.7 cm³/mol. The Morgan fingerprint density at radius 3 is 3.06 bits per heavy atom. The molecule has 0 saturated carbocycles. The van der Waals surface area contributed by atoms with Crippen LogP contribution in [0.1, 0.15) is 5.89 Å². The summed E-state index contributed by atoms with van der Waals surface area (Å²) in [5.74, 6) is 1.25. The third-order valence-corrected chi connectivity index (χ3v) is 4.14. The van der Waals surface area contributed by atoms with Gasteiger partial charge in [-0.2, -0.15) is 4.98 Å². The van der Waals surface area contributed by atoms with E-state index in [4.69, 9.17) is 9.26 Å². The van der Waals surface area contributed by atoms with Gasteiger partial charge in [0.15, 0.2) is 0 Å². The largest absolute Gasteiger partial charge is 0.383 e. The van der Waals surface area contributed by atoms with E-state index in [1.165, 1.54) is 0 Å². The van der Waals surface area contributed by atoms with Gasteiger partial charge in [0, 0.05) is 29.4 Å².